The van der Waals surface area contributed by atoms with Crippen LogP contribution in [0.2, 0.25) is 0 Å². The van der Waals surface area contributed by atoms with E-state index in [1.807, 2.05) is 6.08 Å². The third kappa shape index (κ3) is 3.77. The quantitative estimate of drug-likeness (QED) is 0.221. The lowest BCUT2D eigenvalue weighted by Crippen LogP contribution is -2.79. The molecule has 1 aromatic rings. The van der Waals surface area contributed by atoms with E-state index in [1.165, 1.54) is 23.9 Å². The Morgan fingerprint density at radius 1 is 1.37 bits per heavy atom. The Bertz CT molecular complexity index is 828. The first-order chi connectivity index (χ1) is 12.9. The van der Waals surface area contributed by atoms with Crippen LogP contribution in [0, 0.1) is 10.1 Å². The predicted molar refractivity (Wildman–Crippen MR) is 103 cm³/mol. The number of nitro groups is 1. The first-order valence-corrected chi connectivity index (χ1v) is 10.3. The van der Waals surface area contributed by atoms with Gasteiger partial charge in [-0.05, 0) is 5.56 Å². The first-order valence-electron chi connectivity index (χ1n) is 8.10. The third-order valence-electron chi connectivity index (χ3n) is 4.41. The fourth-order valence-electron chi connectivity index (χ4n) is 3.18. The number of nitrogens with zero attached hydrogens (tertiary/aromatic N) is 2. The molecule has 2 heterocycles. The monoisotopic (exact) mass is 453 g/mol. The van der Waals surface area contributed by atoms with Crippen molar-refractivity contribution in [3.05, 3.63) is 52.2 Å². The van der Waals surface area contributed by atoms with Gasteiger partial charge in [0, 0.05) is 30.5 Å². The highest BCUT2D eigenvalue weighted by atomic mass is 79.9. The van der Waals surface area contributed by atoms with Crippen LogP contribution >= 0.6 is 27.7 Å². The van der Waals surface area contributed by atoms with Crippen LogP contribution in [0.3, 0.4) is 0 Å². The van der Waals surface area contributed by atoms with Crippen molar-refractivity contribution in [2.24, 2.45) is 0 Å². The number of halogens is 1. The fraction of sp³-hybridized carbons (Fsp3) is 0.353. The van der Waals surface area contributed by atoms with Crippen LogP contribution in [0.1, 0.15) is 12.0 Å². The Kier molecular flexibility index (Phi) is 5.66. The van der Waals surface area contributed by atoms with Gasteiger partial charge in [-0.15, -0.1) is 11.8 Å². The molecule has 1 N–H and O–H groups in total. The van der Waals surface area contributed by atoms with E-state index >= 15 is 0 Å². The summed E-state index contributed by atoms with van der Waals surface area (Å²) in [7, 11) is 0. The van der Waals surface area contributed by atoms with Crippen molar-refractivity contribution < 1.29 is 19.3 Å². The Morgan fingerprint density at radius 3 is 2.70 bits per heavy atom. The number of alkyl halides is 1. The zero-order valence-electron chi connectivity index (χ0n) is 14.1. The number of non-ortho nitro benzene ring substituents is 1. The van der Waals surface area contributed by atoms with Crippen LogP contribution in [-0.4, -0.2) is 49.4 Å². The number of Topliss-reactive ketones (excluding diaryl/α,β-unsaturated/α-hetero) is 1. The van der Waals surface area contributed by atoms with Gasteiger partial charge >= 0.3 is 0 Å². The normalized spacial score (nSPS) is 23.4. The second-order valence-electron chi connectivity index (χ2n) is 6.25. The van der Waals surface area contributed by atoms with Gasteiger partial charge < -0.3 is 10.2 Å². The van der Waals surface area contributed by atoms with E-state index < -0.39 is 16.4 Å². The van der Waals surface area contributed by atoms with Crippen molar-refractivity contribution in [1.82, 2.24) is 10.2 Å². The van der Waals surface area contributed by atoms with Gasteiger partial charge in [-0.25, -0.2) is 0 Å². The summed E-state index contributed by atoms with van der Waals surface area (Å²) in [6.45, 7) is 0. The number of hydrogen-bond acceptors (Lipinski definition) is 6. The average Bonchev–Trinajstić information content (AvgIpc) is 2.67. The van der Waals surface area contributed by atoms with Crippen molar-refractivity contribution in [2.45, 2.75) is 23.8 Å². The van der Waals surface area contributed by atoms with E-state index in [4.69, 9.17) is 0 Å². The summed E-state index contributed by atoms with van der Waals surface area (Å²) in [6, 6.07) is 5.89. The van der Waals surface area contributed by atoms with Crippen molar-refractivity contribution in [3.8, 4) is 0 Å². The molecule has 27 heavy (non-hydrogen) atoms. The highest BCUT2D eigenvalue weighted by Crippen LogP contribution is 2.43. The van der Waals surface area contributed by atoms with Gasteiger partial charge in [0.25, 0.3) is 11.6 Å². The number of nitrogens with one attached hydrogen (secondary N) is 1. The summed E-state index contributed by atoms with van der Waals surface area (Å²) in [5, 5.41) is 13.4. The molecule has 0 spiro atoms. The largest absolute Gasteiger partial charge is 0.339 e. The van der Waals surface area contributed by atoms with Gasteiger partial charge in [0.2, 0.25) is 5.91 Å². The first kappa shape index (κ1) is 19.6. The Morgan fingerprint density at radius 2 is 2.07 bits per heavy atom. The van der Waals surface area contributed by atoms with Crippen LogP contribution < -0.4 is 5.32 Å². The average molecular weight is 454 g/mol. The minimum atomic E-state index is -1.17. The molecule has 1 unspecified atom stereocenters. The Labute approximate surface area is 167 Å². The molecule has 10 heteroatoms. The van der Waals surface area contributed by atoms with E-state index in [1.54, 1.807) is 23.2 Å². The molecule has 1 fully saturated rings. The summed E-state index contributed by atoms with van der Waals surface area (Å²) < 4.78 is 0. The lowest BCUT2D eigenvalue weighted by molar-refractivity contribution is -0.384. The van der Waals surface area contributed by atoms with Crippen LogP contribution in [0.4, 0.5) is 5.69 Å². The minimum Gasteiger partial charge on any atom is -0.339 e. The summed E-state index contributed by atoms with van der Waals surface area (Å²) in [6.07, 6.45) is 3.45. The number of hydrogen-bond donors (Lipinski definition) is 1. The highest BCUT2D eigenvalue weighted by Gasteiger charge is 2.61. The second-order valence-corrected chi connectivity index (χ2v) is 7.93. The van der Waals surface area contributed by atoms with Crippen LogP contribution in [0.15, 0.2) is 36.5 Å². The van der Waals surface area contributed by atoms with Gasteiger partial charge in [0.15, 0.2) is 11.3 Å². The number of thioether (sulfide) groups is 1. The summed E-state index contributed by atoms with van der Waals surface area (Å²) in [5.74, 6) is -0.344. The lowest BCUT2D eigenvalue weighted by atomic mass is 9.81. The van der Waals surface area contributed by atoms with E-state index in [-0.39, 0.29) is 40.9 Å². The molecule has 3 rings (SSSR count). The number of amides is 2. The molecule has 2 amide bonds. The summed E-state index contributed by atoms with van der Waals surface area (Å²) in [4.78, 5) is 48.6. The zero-order chi connectivity index (χ0) is 19.6. The SMILES string of the molecule is O=C(CBr)CC(=O)NC1(Cc2ccc([N+](=O)[O-])cc2)C(=O)N2C=CCS[C@H]21. The maximum Gasteiger partial charge on any atom is 0.269 e. The number of β-lactam (4-membered cyclic amide) rings is 1. The van der Waals surface area contributed by atoms with Gasteiger partial charge in [0.05, 0.1) is 16.7 Å². The number of rotatable bonds is 7. The molecule has 0 radical (unpaired) electrons. The van der Waals surface area contributed by atoms with Crippen molar-refractivity contribution in [2.75, 3.05) is 11.1 Å². The molecule has 0 aliphatic carbocycles. The van der Waals surface area contributed by atoms with Gasteiger partial charge in [-0.3, -0.25) is 24.5 Å². The van der Waals surface area contributed by atoms with Gasteiger partial charge in [-0.2, -0.15) is 0 Å². The minimum absolute atomic E-state index is 0.0451. The molecule has 1 aromatic carbocycles. The molecule has 0 saturated carbocycles. The highest BCUT2D eigenvalue weighted by molar-refractivity contribution is 9.09. The summed E-state index contributed by atoms with van der Waals surface area (Å²) in [5.41, 5.74) is -0.526. The van der Waals surface area contributed by atoms with Crippen LogP contribution in [0.25, 0.3) is 0 Å². The second kappa shape index (κ2) is 7.81. The Balaban J connectivity index is 1.85. The molecular formula is C17H16BrN3O5S. The lowest BCUT2D eigenvalue weighted by Gasteiger charge is -2.55. The molecule has 142 valence electrons. The molecule has 2 atom stereocenters. The molecule has 0 bridgehead atoms. The number of benzene rings is 1. The zero-order valence-corrected chi connectivity index (χ0v) is 16.5. The van der Waals surface area contributed by atoms with Crippen molar-refractivity contribution in [3.63, 3.8) is 0 Å². The van der Waals surface area contributed by atoms with Crippen molar-refractivity contribution >= 4 is 51.0 Å². The molecular weight excluding hydrogens is 438 g/mol. The molecule has 2 aliphatic rings. The van der Waals surface area contributed by atoms with E-state index in [0.29, 0.717) is 11.3 Å². The molecule has 8 nitrogen and oxygen atoms in total. The molecule has 0 aromatic heterocycles. The topological polar surface area (TPSA) is 110 Å². The molecule has 1 saturated heterocycles. The standard InChI is InChI=1S/C17H16BrN3O5S/c18-10-13(22)8-14(23)19-17(15(24)20-6-1-7-27-16(17)20)9-11-2-4-12(5-3-11)21(25)26/h1-6,16H,7-10H2,(H,19,23)/t16-,17?/m0/s1. The number of nitro benzene ring substituents is 1. The summed E-state index contributed by atoms with van der Waals surface area (Å²) >= 11 is 4.54. The molecule has 2 aliphatic heterocycles. The Hall–Kier alpha value is -2.20. The van der Waals surface area contributed by atoms with Crippen molar-refractivity contribution in [1.29, 1.82) is 0 Å². The van der Waals surface area contributed by atoms with Gasteiger partial charge in [0.1, 0.15) is 5.37 Å². The van der Waals surface area contributed by atoms with E-state index in [2.05, 4.69) is 21.2 Å². The van der Waals surface area contributed by atoms with Crippen LogP contribution in [0.5, 0.6) is 0 Å². The van der Waals surface area contributed by atoms with Crippen LogP contribution in [-0.2, 0) is 20.8 Å². The van der Waals surface area contributed by atoms with E-state index in [0.717, 1.165) is 0 Å². The number of ketones is 1. The van der Waals surface area contributed by atoms with E-state index in [9.17, 15) is 24.5 Å². The number of carbonyl (C=O) groups is 3. The number of fused-ring (bicyclic) bond motifs is 1. The predicted octanol–water partition coefficient (Wildman–Crippen LogP) is 1.78. The maximum atomic E-state index is 12.8. The third-order valence-corrected chi connectivity index (χ3v) is 6.36. The fourth-order valence-corrected chi connectivity index (χ4v) is 4.62. The number of carbonyl (C=O) groups excluding carboxylic acids is 3. The van der Waals surface area contributed by atoms with Gasteiger partial charge in [-0.1, -0.05) is 34.1 Å². The smallest absolute Gasteiger partial charge is 0.269 e. The maximum absolute atomic E-state index is 12.8.